The number of para-hydroxylation sites is 1. The highest BCUT2D eigenvalue weighted by Crippen LogP contribution is 2.30. The molecule has 1 fully saturated rings. The second-order valence-corrected chi connectivity index (χ2v) is 9.93. The zero-order chi connectivity index (χ0) is 21.5. The molecule has 1 aliphatic heterocycles. The molecule has 6 nitrogen and oxygen atoms in total. The fourth-order valence-corrected chi connectivity index (χ4v) is 5.89. The lowest BCUT2D eigenvalue weighted by Crippen LogP contribution is -2.48. The Morgan fingerprint density at radius 2 is 1.53 bits per heavy atom. The molecule has 2 heterocycles. The predicted molar refractivity (Wildman–Crippen MR) is 120 cm³/mol. The summed E-state index contributed by atoms with van der Waals surface area (Å²) in [4.78, 5) is 2.40. The number of benzene rings is 2. The van der Waals surface area contributed by atoms with Gasteiger partial charge in [-0.25, -0.2) is 13.1 Å². The van der Waals surface area contributed by atoms with E-state index in [0.29, 0.717) is 47.6 Å². The summed E-state index contributed by atoms with van der Waals surface area (Å²) in [6.07, 6.45) is 0. The molecule has 1 aliphatic rings. The number of nitrogens with zero attached hydrogens (tertiary/aromatic N) is 4. The lowest BCUT2D eigenvalue weighted by Gasteiger charge is -2.35. The van der Waals surface area contributed by atoms with Gasteiger partial charge < -0.3 is 4.90 Å². The molecule has 0 radical (unpaired) electrons. The van der Waals surface area contributed by atoms with Gasteiger partial charge in [0, 0.05) is 31.9 Å². The average Bonchev–Trinajstić information content (AvgIpc) is 3.05. The summed E-state index contributed by atoms with van der Waals surface area (Å²) in [6.45, 7) is 5.46. The maximum atomic E-state index is 13.4. The Hall–Kier alpha value is -2.06. The van der Waals surface area contributed by atoms with Gasteiger partial charge in [0.1, 0.15) is 4.90 Å². The molecule has 158 valence electrons. The van der Waals surface area contributed by atoms with Gasteiger partial charge in [-0.15, -0.1) is 0 Å². The largest absolute Gasteiger partial charge is 0.369 e. The van der Waals surface area contributed by atoms with Crippen LogP contribution in [0.1, 0.15) is 11.4 Å². The zero-order valence-electron chi connectivity index (χ0n) is 16.7. The van der Waals surface area contributed by atoms with Crippen LogP contribution in [0.3, 0.4) is 0 Å². The maximum Gasteiger partial charge on any atom is 0.246 e. The van der Waals surface area contributed by atoms with Crippen molar-refractivity contribution in [1.29, 1.82) is 0 Å². The molecule has 0 amide bonds. The highest BCUT2D eigenvalue weighted by Gasteiger charge is 2.33. The van der Waals surface area contributed by atoms with E-state index in [1.165, 1.54) is 4.31 Å². The number of rotatable bonds is 4. The predicted octanol–water partition coefficient (Wildman–Crippen LogP) is 4.31. The Labute approximate surface area is 186 Å². The van der Waals surface area contributed by atoms with Gasteiger partial charge in [-0.1, -0.05) is 41.4 Å². The summed E-state index contributed by atoms with van der Waals surface area (Å²) in [6, 6.07) is 15.0. The molecule has 0 atom stereocenters. The lowest BCUT2D eigenvalue weighted by molar-refractivity contribution is 0.384. The third kappa shape index (κ3) is 3.83. The van der Waals surface area contributed by atoms with E-state index in [1.54, 1.807) is 24.6 Å². The monoisotopic (exact) mass is 464 g/mol. The van der Waals surface area contributed by atoms with Crippen LogP contribution in [0.25, 0.3) is 5.69 Å². The molecule has 0 bridgehead atoms. The van der Waals surface area contributed by atoms with E-state index in [0.717, 1.165) is 11.4 Å². The van der Waals surface area contributed by atoms with Crippen molar-refractivity contribution in [3.8, 4) is 5.69 Å². The Morgan fingerprint density at radius 1 is 0.867 bits per heavy atom. The van der Waals surface area contributed by atoms with Crippen LogP contribution in [0.2, 0.25) is 10.0 Å². The molecule has 0 saturated carbocycles. The number of hydrogen-bond acceptors (Lipinski definition) is 4. The van der Waals surface area contributed by atoms with Crippen molar-refractivity contribution in [2.45, 2.75) is 18.7 Å². The first-order valence-corrected chi connectivity index (χ1v) is 11.8. The van der Waals surface area contributed by atoms with Gasteiger partial charge in [0.25, 0.3) is 0 Å². The van der Waals surface area contributed by atoms with Crippen LogP contribution >= 0.6 is 23.2 Å². The topological polar surface area (TPSA) is 58.4 Å². The van der Waals surface area contributed by atoms with Crippen molar-refractivity contribution < 1.29 is 8.42 Å². The summed E-state index contributed by atoms with van der Waals surface area (Å²) in [5.41, 5.74) is 2.89. The van der Waals surface area contributed by atoms with E-state index in [4.69, 9.17) is 23.2 Å². The van der Waals surface area contributed by atoms with Gasteiger partial charge in [-0.05, 0) is 44.2 Å². The number of piperazine rings is 1. The van der Waals surface area contributed by atoms with Crippen molar-refractivity contribution in [1.82, 2.24) is 14.1 Å². The molecule has 0 N–H and O–H groups in total. The standard InChI is InChI=1S/C21H22Cl2N4O2S/c1-15-21(16(2)27(24-15)17-6-4-3-5-7-17)30(28,29)26-12-10-25(11-13-26)18-8-9-19(22)20(23)14-18/h3-9,14H,10-13H2,1-2H3. The van der Waals surface area contributed by atoms with Crippen molar-refractivity contribution in [3.63, 3.8) is 0 Å². The average molecular weight is 465 g/mol. The number of hydrogen-bond donors (Lipinski definition) is 0. The molecule has 3 aromatic rings. The molecule has 0 aliphatic carbocycles. The number of halogens is 2. The molecule has 30 heavy (non-hydrogen) atoms. The lowest BCUT2D eigenvalue weighted by atomic mass is 10.2. The molecular weight excluding hydrogens is 443 g/mol. The Balaban J connectivity index is 1.57. The van der Waals surface area contributed by atoms with E-state index in [9.17, 15) is 8.42 Å². The molecule has 4 rings (SSSR count). The molecule has 1 aromatic heterocycles. The molecule has 1 saturated heterocycles. The van der Waals surface area contributed by atoms with Crippen LogP contribution in [-0.2, 0) is 10.0 Å². The van der Waals surface area contributed by atoms with Gasteiger partial charge in [-0.3, -0.25) is 0 Å². The maximum absolute atomic E-state index is 13.4. The number of sulfonamides is 1. The van der Waals surface area contributed by atoms with Gasteiger partial charge in [0.15, 0.2) is 0 Å². The molecule has 2 aromatic carbocycles. The first-order valence-electron chi connectivity index (χ1n) is 9.61. The number of aromatic nitrogens is 2. The number of aryl methyl sites for hydroxylation is 1. The van der Waals surface area contributed by atoms with Crippen LogP contribution < -0.4 is 4.90 Å². The van der Waals surface area contributed by atoms with Crippen LogP contribution in [0.4, 0.5) is 5.69 Å². The zero-order valence-corrected chi connectivity index (χ0v) is 19.0. The van der Waals surface area contributed by atoms with Crippen molar-refractivity contribution in [2.24, 2.45) is 0 Å². The van der Waals surface area contributed by atoms with Gasteiger partial charge in [-0.2, -0.15) is 9.40 Å². The van der Waals surface area contributed by atoms with Gasteiger partial charge in [0.05, 0.1) is 27.1 Å². The minimum Gasteiger partial charge on any atom is -0.369 e. The first-order chi connectivity index (χ1) is 14.3. The smallest absolute Gasteiger partial charge is 0.246 e. The van der Waals surface area contributed by atoms with Crippen molar-refractivity contribution >= 4 is 38.9 Å². The fraction of sp³-hybridized carbons (Fsp3) is 0.286. The van der Waals surface area contributed by atoms with Crippen molar-refractivity contribution in [3.05, 3.63) is 70.0 Å². The van der Waals surface area contributed by atoms with E-state index >= 15 is 0 Å². The Morgan fingerprint density at radius 3 is 2.17 bits per heavy atom. The summed E-state index contributed by atoms with van der Waals surface area (Å²) in [7, 11) is -3.65. The van der Waals surface area contributed by atoms with Crippen LogP contribution in [-0.4, -0.2) is 48.7 Å². The SMILES string of the molecule is Cc1nn(-c2ccccc2)c(C)c1S(=O)(=O)N1CCN(c2ccc(Cl)c(Cl)c2)CC1. The van der Waals surface area contributed by atoms with E-state index in [-0.39, 0.29) is 4.90 Å². The minimum absolute atomic E-state index is 0.286. The van der Waals surface area contributed by atoms with E-state index in [2.05, 4.69) is 10.00 Å². The highest BCUT2D eigenvalue weighted by atomic mass is 35.5. The minimum atomic E-state index is -3.65. The van der Waals surface area contributed by atoms with Crippen molar-refractivity contribution in [2.75, 3.05) is 31.1 Å². The van der Waals surface area contributed by atoms with Crippen LogP contribution in [0.5, 0.6) is 0 Å². The summed E-state index contributed by atoms with van der Waals surface area (Å²) >= 11 is 12.1. The van der Waals surface area contributed by atoms with Gasteiger partial charge in [0.2, 0.25) is 10.0 Å². The number of anilines is 1. The van der Waals surface area contributed by atoms with E-state index < -0.39 is 10.0 Å². The normalized spacial score (nSPS) is 15.5. The quantitative estimate of drug-likeness (QED) is 0.577. The molecular formula is C21H22Cl2N4O2S. The molecule has 0 unspecified atom stereocenters. The van der Waals surface area contributed by atoms with Crippen LogP contribution in [0, 0.1) is 13.8 Å². The second kappa shape index (κ2) is 8.23. The molecule has 9 heteroatoms. The Kier molecular flexibility index (Phi) is 5.81. The van der Waals surface area contributed by atoms with Gasteiger partial charge >= 0.3 is 0 Å². The summed E-state index contributed by atoms with van der Waals surface area (Å²) in [5, 5.41) is 5.49. The molecule has 0 spiro atoms. The summed E-state index contributed by atoms with van der Waals surface area (Å²) in [5.74, 6) is 0. The second-order valence-electron chi connectivity index (χ2n) is 7.24. The Bertz CT molecular complexity index is 1170. The highest BCUT2D eigenvalue weighted by molar-refractivity contribution is 7.89. The third-order valence-corrected chi connectivity index (χ3v) is 8.22. The van der Waals surface area contributed by atoms with Crippen LogP contribution in [0.15, 0.2) is 53.4 Å². The fourth-order valence-electron chi connectivity index (χ4n) is 3.82. The first kappa shape index (κ1) is 21.2. The third-order valence-electron chi connectivity index (χ3n) is 5.33. The summed E-state index contributed by atoms with van der Waals surface area (Å²) < 4.78 is 30.1. The van der Waals surface area contributed by atoms with E-state index in [1.807, 2.05) is 42.5 Å².